The fraction of sp³-hybridized carbons (Fsp3) is 0.769. The van der Waals surface area contributed by atoms with Gasteiger partial charge >= 0.3 is 17.9 Å². The molecule has 0 aliphatic rings. The third-order valence-corrected chi connectivity index (χ3v) is 9.16. The van der Waals surface area contributed by atoms with E-state index < -0.39 is 36.7 Å². The van der Waals surface area contributed by atoms with Crippen LogP contribution in [0.25, 0.3) is 0 Å². The lowest BCUT2D eigenvalue weighted by molar-refractivity contribution is -0.165. The van der Waals surface area contributed by atoms with Crippen LogP contribution in [0.1, 0.15) is 183 Å². The maximum atomic E-state index is 12.8. The summed E-state index contributed by atoms with van der Waals surface area (Å²) in [6.45, 7) is 40.2. The van der Waals surface area contributed by atoms with Gasteiger partial charge in [0.15, 0.2) is 30.4 Å². The number of ketones is 2. The number of carbonyl (C=O) groups excluding carboxylic acids is 6. The summed E-state index contributed by atoms with van der Waals surface area (Å²) in [7, 11) is 5.18. The quantitative estimate of drug-likeness (QED) is 0.0866. The van der Waals surface area contributed by atoms with E-state index in [1.54, 1.807) is 13.8 Å². The molecule has 0 aromatic heterocycles. The van der Waals surface area contributed by atoms with E-state index in [4.69, 9.17) is 14.2 Å². The molecule has 0 aliphatic carbocycles. The predicted molar refractivity (Wildman–Crippen MR) is 265 cm³/mol. The van der Waals surface area contributed by atoms with Crippen molar-refractivity contribution in [3.63, 3.8) is 0 Å². The molecule has 6 unspecified atom stereocenters. The molecule has 1 rings (SSSR count). The molecule has 1 aromatic carbocycles. The van der Waals surface area contributed by atoms with E-state index in [1.807, 2.05) is 127 Å². The summed E-state index contributed by atoms with van der Waals surface area (Å²) >= 11 is 0. The molecule has 372 valence electrons. The van der Waals surface area contributed by atoms with Crippen molar-refractivity contribution in [2.45, 2.75) is 208 Å². The lowest BCUT2D eigenvalue weighted by atomic mass is 9.85. The van der Waals surface area contributed by atoms with Gasteiger partial charge in [-0.05, 0) is 91.1 Å². The van der Waals surface area contributed by atoms with Crippen molar-refractivity contribution in [3.8, 4) is 0 Å². The number of rotatable bonds is 21. The third kappa shape index (κ3) is 37.5. The summed E-state index contributed by atoms with van der Waals surface area (Å²) in [6, 6.07) is 9.14. The Hall–Kier alpha value is -3.60. The van der Waals surface area contributed by atoms with Crippen LogP contribution in [0.5, 0.6) is 0 Å². The number of carbonyl (C=O) groups is 6. The van der Waals surface area contributed by atoms with Crippen LogP contribution < -0.4 is 0 Å². The zero-order valence-electron chi connectivity index (χ0n) is 45.1. The number of Topliss-reactive ketones (excluding diaryl/α,β-unsaturated/α-hetero) is 2. The maximum absolute atomic E-state index is 12.8. The molecule has 0 aliphatic heterocycles. The first kappa shape index (κ1) is 71.0. The molecule has 0 spiro atoms. The molecule has 0 heterocycles. The van der Waals surface area contributed by atoms with E-state index in [2.05, 4.69) is 46.8 Å². The second-order valence-corrected chi connectivity index (χ2v) is 16.1. The Kier molecular flexibility index (Phi) is 50.7. The Bertz CT molecular complexity index is 1280. The van der Waals surface area contributed by atoms with Crippen LogP contribution >= 0.6 is 0 Å². The van der Waals surface area contributed by atoms with Crippen LogP contribution in [0.3, 0.4) is 0 Å². The van der Waals surface area contributed by atoms with Gasteiger partial charge in [0, 0.05) is 13.5 Å². The Morgan fingerprint density at radius 3 is 1.35 bits per heavy atom. The average molecular weight is 897 g/mol. The van der Waals surface area contributed by atoms with E-state index in [0.717, 1.165) is 12.8 Å². The van der Waals surface area contributed by atoms with E-state index in [1.165, 1.54) is 24.4 Å². The number of ether oxygens (including phenoxy) is 3. The zero-order chi connectivity index (χ0) is 51.0. The SMILES string of the molecule is CC.CC.CC.CC.CC(=O)C(C)OC(=O)C(CC(C)C)N(C)C.CCCC(=O)C(C)OC(=O)C(CC(C)C)N(C)C(=O)COC(=O)C(CC(C)C)C(C)CC.Cc1ccccc1. The summed E-state index contributed by atoms with van der Waals surface area (Å²) in [5, 5.41) is 0. The van der Waals surface area contributed by atoms with Crippen LogP contribution in [-0.4, -0.2) is 97.2 Å². The Balaban J connectivity index is -0.000000215. The minimum atomic E-state index is -0.856. The van der Waals surface area contributed by atoms with Gasteiger partial charge in [-0.15, -0.1) is 0 Å². The van der Waals surface area contributed by atoms with Crippen molar-refractivity contribution >= 4 is 35.4 Å². The number of likely N-dealkylation sites (N-methyl/N-ethyl adjacent to an activating group) is 2. The van der Waals surface area contributed by atoms with Gasteiger partial charge in [-0.3, -0.25) is 28.9 Å². The van der Waals surface area contributed by atoms with Gasteiger partial charge in [0.05, 0.1) is 5.92 Å². The first-order valence-electron chi connectivity index (χ1n) is 24.0. The molecule has 6 atom stereocenters. The molecule has 63 heavy (non-hydrogen) atoms. The minimum absolute atomic E-state index is 0.118. The van der Waals surface area contributed by atoms with Gasteiger partial charge in [0.1, 0.15) is 12.1 Å². The second-order valence-electron chi connectivity index (χ2n) is 16.1. The van der Waals surface area contributed by atoms with Crippen LogP contribution in [0.15, 0.2) is 30.3 Å². The summed E-state index contributed by atoms with van der Waals surface area (Å²) < 4.78 is 15.8. The second kappa shape index (κ2) is 45.0. The maximum Gasteiger partial charge on any atom is 0.329 e. The summed E-state index contributed by atoms with van der Waals surface area (Å²) in [4.78, 5) is 76.1. The molecule has 0 radical (unpaired) electrons. The Morgan fingerprint density at radius 2 is 1.00 bits per heavy atom. The van der Waals surface area contributed by atoms with Gasteiger partial charge in [0.25, 0.3) is 5.91 Å². The third-order valence-electron chi connectivity index (χ3n) is 9.16. The van der Waals surface area contributed by atoms with Crippen molar-refractivity contribution in [2.24, 2.45) is 29.6 Å². The summed E-state index contributed by atoms with van der Waals surface area (Å²) in [5.41, 5.74) is 1.32. The van der Waals surface area contributed by atoms with E-state index in [0.29, 0.717) is 37.5 Å². The van der Waals surface area contributed by atoms with Crippen LogP contribution in [0.4, 0.5) is 0 Å². The zero-order valence-corrected chi connectivity index (χ0v) is 45.1. The monoisotopic (exact) mass is 897 g/mol. The number of nitrogens with zero attached hydrogens (tertiary/aromatic N) is 2. The first-order valence-corrected chi connectivity index (χ1v) is 24.0. The van der Waals surface area contributed by atoms with Crippen LogP contribution in [0.2, 0.25) is 0 Å². The van der Waals surface area contributed by atoms with Crippen molar-refractivity contribution in [3.05, 3.63) is 35.9 Å². The van der Waals surface area contributed by atoms with Crippen molar-refractivity contribution in [1.82, 2.24) is 9.80 Å². The van der Waals surface area contributed by atoms with Gasteiger partial charge in [0.2, 0.25) is 0 Å². The highest BCUT2D eigenvalue weighted by Crippen LogP contribution is 2.25. The van der Waals surface area contributed by atoms with Gasteiger partial charge in [-0.25, -0.2) is 4.79 Å². The highest BCUT2D eigenvalue weighted by molar-refractivity contribution is 5.89. The van der Waals surface area contributed by atoms with Crippen LogP contribution in [-0.2, 0) is 43.0 Å². The molecule has 11 nitrogen and oxygen atoms in total. The fourth-order valence-corrected chi connectivity index (χ4v) is 5.33. The van der Waals surface area contributed by atoms with Gasteiger partial charge in [-0.2, -0.15) is 0 Å². The number of hydrogen-bond donors (Lipinski definition) is 0. The van der Waals surface area contributed by atoms with E-state index >= 15 is 0 Å². The highest BCUT2D eigenvalue weighted by Gasteiger charge is 2.33. The standard InChI is InChI=1S/C25H45NO6.C12H23NO3.C7H8.4C2H6/c1-10-12-22(27)19(8)32-25(30)21(14-17(5)6)26(9)23(28)15-31-24(29)20(13-16(3)4)18(7)11-2;1-8(2)7-11(13(5)6)12(15)16-10(4)9(3)14;1-7-5-3-2-4-6-7;4*1-2/h16-21H,10-15H2,1-9H3;8,10-11H,7H2,1-6H3;2-6H,1H3;4*1-2H3. The number of hydrogen-bond acceptors (Lipinski definition) is 10. The molecule has 1 amide bonds. The smallest absolute Gasteiger partial charge is 0.329 e. The molecule has 0 saturated heterocycles. The topological polar surface area (TPSA) is 137 Å². The number of aryl methyl sites for hydroxylation is 1. The largest absolute Gasteiger partial charge is 0.455 e. The molecule has 0 fully saturated rings. The lowest BCUT2D eigenvalue weighted by Gasteiger charge is -2.29. The molecule has 1 aromatic rings. The van der Waals surface area contributed by atoms with Gasteiger partial charge < -0.3 is 19.1 Å². The minimum Gasteiger partial charge on any atom is -0.455 e. The Morgan fingerprint density at radius 1 is 0.587 bits per heavy atom. The fourth-order valence-electron chi connectivity index (χ4n) is 5.33. The molecule has 11 heteroatoms. The van der Waals surface area contributed by atoms with Crippen LogP contribution in [0, 0.1) is 36.5 Å². The number of benzene rings is 1. The van der Waals surface area contributed by atoms with E-state index in [-0.39, 0.29) is 47.3 Å². The molecular formula is C52H100N2O9. The normalized spacial score (nSPS) is 12.8. The Labute approximate surface area is 388 Å². The van der Waals surface area contributed by atoms with Crippen molar-refractivity contribution in [2.75, 3.05) is 27.7 Å². The lowest BCUT2D eigenvalue weighted by Crippen LogP contribution is -2.47. The molecule has 0 saturated carbocycles. The van der Waals surface area contributed by atoms with E-state index in [9.17, 15) is 28.8 Å². The highest BCUT2D eigenvalue weighted by atomic mass is 16.6. The summed E-state index contributed by atoms with van der Waals surface area (Å²) in [6.07, 6.45) is 2.16. The van der Waals surface area contributed by atoms with Gasteiger partial charge in [-0.1, -0.05) is 160 Å². The van der Waals surface area contributed by atoms with Crippen molar-refractivity contribution in [1.29, 1.82) is 0 Å². The summed E-state index contributed by atoms with van der Waals surface area (Å²) in [5.74, 6) is -1.30. The number of amides is 1. The molecule has 0 bridgehead atoms. The number of esters is 3. The molecule has 0 N–H and O–H groups in total. The average Bonchev–Trinajstić information content (AvgIpc) is 3.25. The van der Waals surface area contributed by atoms with Crippen molar-refractivity contribution < 1.29 is 43.0 Å². The molecular weight excluding hydrogens is 797 g/mol. The predicted octanol–water partition coefficient (Wildman–Crippen LogP) is 12.0. The first-order chi connectivity index (χ1) is 29.5.